The lowest BCUT2D eigenvalue weighted by atomic mass is 10.0. The monoisotopic (exact) mass is 1040 g/mol. The third kappa shape index (κ3) is 12.2. The van der Waals surface area contributed by atoms with E-state index in [9.17, 15) is 29.4 Å². The molecule has 23 heteroatoms. The zero-order chi connectivity index (χ0) is 51.6. The van der Waals surface area contributed by atoms with Crippen molar-refractivity contribution >= 4 is 103 Å². The molecule has 7 heterocycles. The summed E-state index contributed by atoms with van der Waals surface area (Å²) in [5.41, 5.74) is 4.07. The SMILES string of the molecule is O=C(Nc1ccccc1)Nc1ccc(Cl)c(C(=O)c2c[nH]c3ncnc(N[C@@H]4CC[C@@H](CO)OC4)c23)c1.O=C(Nc1cccnc1)Nc1ccc(Cl)c(C(=O)c2c[nH]c3ncnc(N[C@@H]4CC[C@@H](CO)OC4)c23)c1. The van der Waals surface area contributed by atoms with Crippen LogP contribution in [0.4, 0.5) is 44.0 Å². The minimum absolute atomic E-state index is 0.0104. The number of fused-ring (bicyclic) bond motifs is 2. The molecular weight excluding hydrogens is 994 g/mol. The minimum Gasteiger partial charge on any atom is -0.394 e. The zero-order valence-corrected chi connectivity index (χ0v) is 40.8. The molecule has 2 aliphatic rings. The number of aromatic amines is 2. The predicted molar refractivity (Wildman–Crippen MR) is 280 cm³/mol. The van der Waals surface area contributed by atoms with Crippen LogP contribution in [0.5, 0.6) is 0 Å². The Balaban J connectivity index is 0.000000182. The number of para-hydroxylation sites is 1. The van der Waals surface area contributed by atoms with Crippen molar-refractivity contribution in [3.8, 4) is 0 Å². The number of ether oxygens (including phenoxy) is 2. The Morgan fingerprint density at radius 2 is 1.04 bits per heavy atom. The van der Waals surface area contributed by atoms with Crippen molar-refractivity contribution in [3.05, 3.63) is 149 Å². The molecule has 5 aromatic heterocycles. The van der Waals surface area contributed by atoms with Gasteiger partial charge in [0.15, 0.2) is 11.6 Å². The van der Waals surface area contributed by atoms with Crippen molar-refractivity contribution in [1.82, 2.24) is 34.9 Å². The van der Waals surface area contributed by atoms with E-state index in [2.05, 4.69) is 66.8 Å². The molecule has 8 aromatic rings. The van der Waals surface area contributed by atoms with Crippen LogP contribution in [0.2, 0.25) is 10.0 Å². The van der Waals surface area contributed by atoms with Crippen LogP contribution in [0.3, 0.4) is 0 Å². The van der Waals surface area contributed by atoms with E-state index in [0.29, 0.717) is 93.6 Å². The van der Waals surface area contributed by atoms with Crippen LogP contribution in [0.25, 0.3) is 22.1 Å². The first-order valence-electron chi connectivity index (χ1n) is 23.4. The number of carbonyl (C=O) groups is 4. The van der Waals surface area contributed by atoms with E-state index in [1.807, 2.05) is 18.2 Å². The van der Waals surface area contributed by atoms with E-state index in [-0.39, 0.29) is 70.2 Å². The standard InChI is InChI=1S/C26H25ClN6O4.C25H24ClN7O4/c27-21-9-7-16(33-26(36)32-15-4-2-1-3-5-15)10-19(21)23(35)20-11-28-24-22(20)25(30-14-29-24)31-17-6-8-18(12-34)37-13-17;26-20-6-4-14(32-25(36)33-15-2-1-7-27-9-15)8-18(20)22(35)19-10-28-23-21(19)24(30-13-29-23)31-16-3-5-17(11-34)37-12-16/h1-5,7,9-11,14,17-18,34H,6,8,12-13H2,(H2,32,33,36)(H2,28,29,30,31);1-2,4,6-10,13,16-17,34H,3,5,11-12H2,(H2,32,33,36)(H2,28,29,30,31)/t17-,18+;16-,17+/m11/s1. The molecule has 74 heavy (non-hydrogen) atoms. The lowest BCUT2D eigenvalue weighted by molar-refractivity contribution is -0.0224. The number of hydrogen-bond acceptors (Lipinski definition) is 15. The van der Waals surface area contributed by atoms with Gasteiger partial charge >= 0.3 is 12.1 Å². The fraction of sp³-hybridized carbons (Fsp3) is 0.235. The first kappa shape index (κ1) is 50.9. The van der Waals surface area contributed by atoms with Gasteiger partial charge in [-0.3, -0.25) is 14.6 Å². The summed E-state index contributed by atoms with van der Waals surface area (Å²) in [6.07, 6.45) is 11.8. The Labute approximate surface area is 432 Å². The van der Waals surface area contributed by atoms with Crippen LogP contribution in [-0.2, 0) is 9.47 Å². The number of benzene rings is 3. The molecule has 4 amide bonds. The molecule has 3 aromatic carbocycles. The molecule has 0 unspecified atom stereocenters. The molecule has 2 fully saturated rings. The van der Waals surface area contributed by atoms with E-state index in [1.54, 1.807) is 67.1 Å². The smallest absolute Gasteiger partial charge is 0.323 e. The van der Waals surface area contributed by atoms with Gasteiger partial charge in [-0.25, -0.2) is 29.5 Å². The second-order valence-corrected chi connectivity index (χ2v) is 18.0. The van der Waals surface area contributed by atoms with Crippen molar-refractivity contribution in [1.29, 1.82) is 0 Å². The highest BCUT2D eigenvalue weighted by Gasteiger charge is 2.27. The maximum Gasteiger partial charge on any atom is 0.323 e. The average molecular weight is 1040 g/mol. The van der Waals surface area contributed by atoms with Gasteiger partial charge in [0.2, 0.25) is 0 Å². The number of rotatable bonds is 14. The summed E-state index contributed by atoms with van der Waals surface area (Å²) in [4.78, 5) is 79.3. The van der Waals surface area contributed by atoms with Gasteiger partial charge in [-0.15, -0.1) is 0 Å². The highest BCUT2D eigenvalue weighted by atomic mass is 35.5. The summed E-state index contributed by atoms with van der Waals surface area (Å²) < 4.78 is 11.3. The fourth-order valence-electron chi connectivity index (χ4n) is 8.41. The van der Waals surface area contributed by atoms with Crippen LogP contribution < -0.4 is 31.9 Å². The van der Waals surface area contributed by atoms with Crippen molar-refractivity contribution in [2.75, 3.05) is 58.3 Å². The molecule has 4 atom stereocenters. The van der Waals surface area contributed by atoms with E-state index in [1.165, 1.54) is 31.0 Å². The second-order valence-electron chi connectivity index (χ2n) is 17.2. The predicted octanol–water partition coefficient (Wildman–Crippen LogP) is 8.27. The Morgan fingerprint density at radius 1 is 0.568 bits per heavy atom. The molecule has 0 aliphatic carbocycles. The average Bonchev–Trinajstić information content (AvgIpc) is 4.07. The normalized spacial score (nSPS) is 17.4. The number of nitrogens with zero attached hydrogens (tertiary/aromatic N) is 5. The van der Waals surface area contributed by atoms with Gasteiger partial charge in [0, 0.05) is 46.8 Å². The lowest BCUT2D eigenvalue weighted by Crippen LogP contribution is -2.36. The van der Waals surface area contributed by atoms with Crippen LogP contribution >= 0.6 is 23.2 Å². The summed E-state index contributed by atoms with van der Waals surface area (Å²) in [5, 5.41) is 37.7. The molecular formula is C51H49Cl2N13O8. The van der Waals surface area contributed by atoms with Crippen molar-refractivity contribution in [3.63, 3.8) is 0 Å². The Bertz CT molecular complexity index is 3060. The summed E-state index contributed by atoms with van der Waals surface area (Å²) in [5.74, 6) is 0.289. The first-order chi connectivity index (χ1) is 36.0. The highest BCUT2D eigenvalue weighted by Crippen LogP contribution is 2.33. The molecule has 2 saturated heterocycles. The number of nitrogens with one attached hydrogen (secondary N) is 8. The van der Waals surface area contributed by atoms with Crippen molar-refractivity contribution in [2.45, 2.75) is 50.0 Å². The van der Waals surface area contributed by atoms with Gasteiger partial charge in [-0.05, 0) is 86.3 Å². The van der Waals surface area contributed by atoms with Crippen LogP contribution in [0.15, 0.2) is 116 Å². The summed E-state index contributed by atoms with van der Waals surface area (Å²) in [7, 11) is 0. The highest BCUT2D eigenvalue weighted by molar-refractivity contribution is 6.36. The number of anilines is 6. The van der Waals surface area contributed by atoms with E-state index >= 15 is 0 Å². The van der Waals surface area contributed by atoms with Gasteiger partial charge in [0.25, 0.3) is 0 Å². The molecule has 0 radical (unpaired) electrons. The van der Waals surface area contributed by atoms with Gasteiger partial charge < -0.3 is 61.6 Å². The number of pyridine rings is 1. The molecule has 0 bridgehead atoms. The minimum atomic E-state index is -0.487. The number of aromatic nitrogens is 7. The van der Waals surface area contributed by atoms with Crippen molar-refractivity contribution < 1.29 is 38.9 Å². The van der Waals surface area contributed by atoms with Crippen LogP contribution in [0.1, 0.15) is 57.5 Å². The summed E-state index contributed by atoms with van der Waals surface area (Å²) >= 11 is 12.8. The number of urea groups is 2. The largest absolute Gasteiger partial charge is 0.394 e. The molecule has 10 N–H and O–H groups in total. The zero-order valence-electron chi connectivity index (χ0n) is 39.3. The third-order valence-corrected chi connectivity index (χ3v) is 12.8. The van der Waals surface area contributed by atoms with Gasteiger partial charge in [0.1, 0.15) is 35.6 Å². The number of aliphatic hydroxyl groups is 2. The Kier molecular flexibility index (Phi) is 16.3. The molecule has 0 saturated carbocycles. The van der Waals surface area contributed by atoms with E-state index < -0.39 is 12.1 Å². The summed E-state index contributed by atoms with van der Waals surface area (Å²) in [6.45, 7) is 0.796. The number of carbonyl (C=O) groups excluding carboxylic acids is 4. The number of amides is 4. The maximum atomic E-state index is 13.6. The molecule has 2 aliphatic heterocycles. The van der Waals surface area contributed by atoms with Crippen LogP contribution in [-0.4, -0.2) is 119 Å². The molecule has 10 rings (SSSR count). The maximum absolute atomic E-state index is 13.6. The third-order valence-electron chi connectivity index (χ3n) is 12.1. The number of aliphatic hydroxyl groups excluding tert-OH is 2. The number of ketones is 2. The number of halogens is 2. The molecule has 0 spiro atoms. The topological polar surface area (TPSA) is 295 Å². The number of H-pyrrole nitrogens is 2. The van der Waals surface area contributed by atoms with Gasteiger partial charge in [-0.1, -0.05) is 41.4 Å². The van der Waals surface area contributed by atoms with E-state index in [4.69, 9.17) is 32.7 Å². The van der Waals surface area contributed by atoms with Gasteiger partial charge in [0.05, 0.1) is 94.5 Å². The fourth-order valence-corrected chi connectivity index (χ4v) is 8.81. The van der Waals surface area contributed by atoms with Gasteiger partial charge in [-0.2, -0.15) is 0 Å². The lowest BCUT2D eigenvalue weighted by Gasteiger charge is -2.29. The molecule has 380 valence electrons. The second kappa shape index (κ2) is 23.7. The quantitative estimate of drug-likeness (QED) is 0.0459. The molecule has 21 nitrogen and oxygen atoms in total. The summed E-state index contributed by atoms with van der Waals surface area (Å²) in [6, 6.07) is 20.8. The van der Waals surface area contributed by atoms with E-state index in [0.717, 1.165) is 12.8 Å². The van der Waals surface area contributed by atoms with Crippen molar-refractivity contribution in [2.24, 2.45) is 0 Å². The Morgan fingerprint density at radius 3 is 1.49 bits per heavy atom. The number of hydrogen-bond donors (Lipinski definition) is 10. The Hall–Kier alpha value is -8.05. The van der Waals surface area contributed by atoms with Crippen LogP contribution in [0, 0.1) is 0 Å². The first-order valence-corrected chi connectivity index (χ1v) is 24.2.